The zero-order chi connectivity index (χ0) is 14.5. The molecule has 1 aromatic heterocycles. The first-order valence-corrected chi connectivity index (χ1v) is 7.98. The van der Waals surface area contributed by atoms with Gasteiger partial charge in [0.15, 0.2) is 5.13 Å². The minimum Gasteiger partial charge on any atom is -0.494 e. The maximum Gasteiger partial charge on any atom is 0.184 e. The maximum absolute atomic E-state index is 5.66. The standard InChI is InChI=1S/C17H18N2OS/c1-2-10-20-14-8-9-15-16(11-14)21-17(19-15)18-12-13-6-4-3-5-7-13/h3-9,11H,2,10,12H2,1H3,(H,18,19). The van der Waals surface area contributed by atoms with Gasteiger partial charge in [0.25, 0.3) is 0 Å². The fraction of sp³-hybridized carbons (Fsp3) is 0.235. The van der Waals surface area contributed by atoms with E-state index in [4.69, 9.17) is 4.74 Å². The van der Waals surface area contributed by atoms with Crippen LogP contribution < -0.4 is 10.1 Å². The topological polar surface area (TPSA) is 34.1 Å². The van der Waals surface area contributed by atoms with E-state index < -0.39 is 0 Å². The molecule has 2 aromatic carbocycles. The van der Waals surface area contributed by atoms with Gasteiger partial charge in [0.1, 0.15) is 5.75 Å². The van der Waals surface area contributed by atoms with Gasteiger partial charge in [-0.05, 0) is 30.2 Å². The van der Waals surface area contributed by atoms with Gasteiger partial charge >= 0.3 is 0 Å². The third-order valence-electron chi connectivity index (χ3n) is 3.12. The zero-order valence-corrected chi connectivity index (χ0v) is 12.8. The number of nitrogens with zero attached hydrogens (tertiary/aromatic N) is 1. The van der Waals surface area contributed by atoms with Crippen molar-refractivity contribution in [3.63, 3.8) is 0 Å². The number of fused-ring (bicyclic) bond motifs is 1. The van der Waals surface area contributed by atoms with Gasteiger partial charge in [-0.25, -0.2) is 4.98 Å². The quantitative estimate of drug-likeness (QED) is 0.716. The molecule has 1 N–H and O–H groups in total. The van der Waals surface area contributed by atoms with Gasteiger partial charge in [-0.3, -0.25) is 0 Å². The molecule has 4 heteroatoms. The van der Waals surface area contributed by atoms with Crippen LogP contribution in [0.1, 0.15) is 18.9 Å². The molecule has 1 heterocycles. The molecule has 3 nitrogen and oxygen atoms in total. The highest BCUT2D eigenvalue weighted by Crippen LogP contribution is 2.29. The van der Waals surface area contributed by atoms with Crippen molar-refractivity contribution < 1.29 is 4.74 Å². The minimum absolute atomic E-state index is 0.753. The van der Waals surface area contributed by atoms with E-state index >= 15 is 0 Å². The highest BCUT2D eigenvalue weighted by atomic mass is 32.1. The Morgan fingerprint density at radius 3 is 2.81 bits per heavy atom. The molecule has 0 fully saturated rings. The number of hydrogen-bond acceptors (Lipinski definition) is 4. The van der Waals surface area contributed by atoms with Crippen molar-refractivity contribution in [1.29, 1.82) is 0 Å². The van der Waals surface area contributed by atoms with Crippen molar-refractivity contribution in [2.75, 3.05) is 11.9 Å². The molecule has 0 aliphatic rings. The van der Waals surface area contributed by atoms with Crippen molar-refractivity contribution in [2.24, 2.45) is 0 Å². The third-order valence-corrected chi connectivity index (χ3v) is 4.10. The Hall–Kier alpha value is -2.07. The molecule has 0 spiro atoms. The summed E-state index contributed by atoms with van der Waals surface area (Å²) in [5.74, 6) is 0.919. The van der Waals surface area contributed by atoms with Crippen LogP contribution >= 0.6 is 11.3 Å². The summed E-state index contributed by atoms with van der Waals surface area (Å²) in [6.45, 7) is 3.65. The molecular weight excluding hydrogens is 280 g/mol. The van der Waals surface area contributed by atoms with E-state index in [1.165, 1.54) is 5.56 Å². The van der Waals surface area contributed by atoms with Crippen LogP contribution in [-0.4, -0.2) is 11.6 Å². The van der Waals surface area contributed by atoms with E-state index in [2.05, 4.69) is 35.4 Å². The lowest BCUT2D eigenvalue weighted by Gasteiger charge is -2.02. The van der Waals surface area contributed by atoms with Crippen LogP contribution in [0.4, 0.5) is 5.13 Å². The smallest absolute Gasteiger partial charge is 0.184 e. The van der Waals surface area contributed by atoms with Crippen LogP contribution in [0.3, 0.4) is 0 Å². The summed E-state index contributed by atoms with van der Waals surface area (Å²) in [6, 6.07) is 16.4. The summed E-state index contributed by atoms with van der Waals surface area (Å²) in [5.41, 5.74) is 2.27. The Morgan fingerprint density at radius 2 is 2.00 bits per heavy atom. The molecule has 108 valence electrons. The predicted molar refractivity (Wildman–Crippen MR) is 89.2 cm³/mol. The fourth-order valence-corrected chi connectivity index (χ4v) is 2.95. The van der Waals surface area contributed by atoms with Gasteiger partial charge in [0.2, 0.25) is 0 Å². The number of aromatic nitrogens is 1. The van der Waals surface area contributed by atoms with Gasteiger partial charge in [-0.2, -0.15) is 0 Å². The molecule has 0 aliphatic carbocycles. The van der Waals surface area contributed by atoms with Crippen LogP contribution in [-0.2, 0) is 6.54 Å². The number of rotatable bonds is 6. The number of nitrogens with one attached hydrogen (secondary N) is 1. The van der Waals surface area contributed by atoms with E-state index in [1.54, 1.807) is 11.3 Å². The lowest BCUT2D eigenvalue weighted by Crippen LogP contribution is -1.97. The fourth-order valence-electron chi connectivity index (χ4n) is 2.06. The largest absolute Gasteiger partial charge is 0.494 e. The van der Waals surface area contributed by atoms with Gasteiger partial charge in [0.05, 0.1) is 16.8 Å². The Kier molecular flexibility index (Phi) is 4.36. The van der Waals surface area contributed by atoms with Gasteiger partial charge in [-0.15, -0.1) is 0 Å². The predicted octanol–water partition coefficient (Wildman–Crippen LogP) is 4.70. The first-order chi connectivity index (χ1) is 10.3. The lowest BCUT2D eigenvalue weighted by molar-refractivity contribution is 0.318. The summed E-state index contributed by atoms with van der Waals surface area (Å²) in [4.78, 5) is 4.60. The van der Waals surface area contributed by atoms with Crippen molar-refractivity contribution in [2.45, 2.75) is 19.9 Å². The number of hydrogen-bond donors (Lipinski definition) is 1. The van der Waals surface area contributed by atoms with Gasteiger partial charge in [-0.1, -0.05) is 48.6 Å². The Morgan fingerprint density at radius 1 is 1.14 bits per heavy atom. The molecule has 0 unspecified atom stereocenters. The Bertz CT molecular complexity index is 709. The average molecular weight is 298 g/mol. The Labute approximate surface area is 128 Å². The van der Waals surface area contributed by atoms with Crippen molar-refractivity contribution in [1.82, 2.24) is 4.98 Å². The second-order valence-corrected chi connectivity index (χ2v) is 5.87. The van der Waals surface area contributed by atoms with E-state index in [0.717, 1.165) is 40.7 Å². The summed E-state index contributed by atoms with van der Waals surface area (Å²) < 4.78 is 6.81. The molecule has 0 radical (unpaired) electrons. The average Bonchev–Trinajstić information content (AvgIpc) is 2.94. The van der Waals surface area contributed by atoms with E-state index in [1.807, 2.05) is 30.3 Å². The SMILES string of the molecule is CCCOc1ccc2nc(NCc3ccccc3)sc2c1. The monoisotopic (exact) mass is 298 g/mol. The van der Waals surface area contributed by atoms with Crippen LogP contribution in [0.15, 0.2) is 48.5 Å². The molecule has 0 aliphatic heterocycles. The first kappa shape index (κ1) is 13.9. The van der Waals surface area contributed by atoms with Crippen LogP contribution in [0.5, 0.6) is 5.75 Å². The van der Waals surface area contributed by atoms with E-state index in [9.17, 15) is 0 Å². The van der Waals surface area contributed by atoms with Gasteiger partial charge < -0.3 is 10.1 Å². The molecule has 21 heavy (non-hydrogen) atoms. The normalized spacial score (nSPS) is 10.7. The van der Waals surface area contributed by atoms with E-state index in [-0.39, 0.29) is 0 Å². The summed E-state index contributed by atoms with van der Waals surface area (Å²) in [7, 11) is 0. The molecule has 0 atom stereocenters. The summed E-state index contributed by atoms with van der Waals surface area (Å²) in [6.07, 6.45) is 1.02. The molecule has 0 bridgehead atoms. The van der Waals surface area contributed by atoms with Crippen molar-refractivity contribution >= 4 is 26.7 Å². The second kappa shape index (κ2) is 6.59. The second-order valence-electron chi connectivity index (χ2n) is 4.84. The van der Waals surface area contributed by atoms with Crippen molar-refractivity contribution in [3.8, 4) is 5.75 Å². The minimum atomic E-state index is 0.753. The summed E-state index contributed by atoms with van der Waals surface area (Å²) >= 11 is 1.66. The number of ether oxygens (including phenoxy) is 1. The molecule has 0 saturated carbocycles. The Balaban J connectivity index is 1.71. The number of anilines is 1. The maximum atomic E-state index is 5.66. The third kappa shape index (κ3) is 3.52. The van der Waals surface area contributed by atoms with Crippen LogP contribution in [0.2, 0.25) is 0 Å². The lowest BCUT2D eigenvalue weighted by atomic mass is 10.2. The van der Waals surface area contributed by atoms with Gasteiger partial charge in [0, 0.05) is 6.54 Å². The number of thiazole rings is 1. The molecule has 0 saturated heterocycles. The van der Waals surface area contributed by atoms with E-state index in [0.29, 0.717) is 0 Å². The zero-order valence-electron chi connectivity index (χ0n) is 12.0. The molecule has 3 aromatic rings. The first-order valence-electron chi connectivity index (χ1n) is 7.16. The molecule has 3 rings (SSSR count). The summed E-state index contributed by atoms with van der Waals surface area (Å²) in [5, 5.41) is 4.33. The molecule has 0 amide bonds. The van der Waals surface area contributed by atoms with Crippen LogP contribution in [0.25, 0.3) is 10.2 Å². The van der Waals surface area contributed by atoms with Crippen LogP contribution in [0, 0.1) is 0 Å². The highest BCUT2D eigenvalue weighted by Gasteiger charge is 2.05. The molecular formula is C17H18N2OS. The van der Waals surface area contributed by atoms with Crippen molar-refractivity contribution in [3.05, 3.63) is 54.1 Å². The highest BCUT2D eigenvalue weighted by molar-refractivity contribution is 7.22. The number of benzene rings is 2.